The van der Waals surface area contributed by atoms with Gasteiger partial charge in [0.2, 0.25) is 0 Å². The van der Waals surface area contributed by atoms with Gasteiger partial charge in [0, 0.05) is 6.92 Å². The molecule has 0 aromatic rings. The van der Waals surface area contributed by atoms with Crippen LogP contribution in [0.2, 0.25) is 0 Å². The SMILES string of the molecule is CC(=O)O.CCCCCC1CCCC1O. The summed E-state index contributed by atoms with van der Waals surface area (Å²) in [5.74, 6) is -0.193. The zero-order valence-corrected chi connectivity index (χ0v) is 9.91. The molecule has 1 saturated carbocycles. The minimum absolute atomic E-state index is 0.0341. The van der Waals surface area contributed by atoms with Crippen molar-refractivity contribution in [2.24, 2.45) is 5.92 Å². The molecule has 1 fully saturated rings. The first-order valence-corrected chi connectivity index (χ1v) is 5.95. The Morgan fingerprint density at radius 1 is 1.33 bits per heavy atom. The van der Waals surface area contributed by atoms with Gasteiger partial charge in [-0.2, -0.15) is 0 Å². The summed E-state index contributed by atoms with van der Waals surface area (Å²) in [7, 11) is 0. The standard InChI is InChI=1S/C10H20O.C2H4O2/c1-2-3-4-6-9-7-5-8-10(9)11;1-2(3)4/h9-11H,2-8H2,1H3;1H3,(H,3,4). The van der Waals surface area contributed by atoms with Crippen LogP contribution in [0.1, 0.15) is 58.8 Å². The molecule has 0 heterocycles. The predicted molar refractivity (Wildman–Crippen MR) is 60.8 cm³/mol. The molecule has 1 aliphatic rings. The van der Waals surface area contributed by atoms with Crippen molar-refractivity contribution in [3.05, 3.63) is 0 Å². The van der Waals surface area contributed by atoms with Crippen LogP contribution in [0.25, 0.3) is 0 Å². The lowest BCUT2D eigenvalue weighted by molar-refractivity contribution is -0.134. The fourth-order valence-electron chi connectivity index (χ4n) is 2.01. The second-order valence-corrected chi connectivity index (χ2v) is 4.27. The maximum atomic E-state index is 9.49. The first kappa shape index (κ1) is 14.4. The molecule has 0 spiro atoms. The summed E-state index contributed by atoms with van der Waals surface area (Å²) in [5.41, 5.74) is 0. The number of aliphatic hydroxyl groups excluding tert-OH is 1. The monoisotopic (exact) mass is 216 g/mol. The van der Waals surface area contributed by atoms with E-state index in [1.54, 1.807) is 0 Å². The van der Waals surface area contributed by atoms with Crippen molar-refractivity contribution >= 4 is 5.97 Å². The molecule has 0 amide bonds. The number of carboxylic acid groups (broad SMARTS) is 1. The highest BCUT2D eigenvalue weighted by Gasteiger charge is 2.23. The average molecular weight is 216 g/mol. The quantitative estimate of drug-likeness (QED) is 0.710. The van der Waals surface area contributed by atoms with Crippen molar-refractivity contribution in [2.75, 3.05) is 0 Å². The lowest BCUT2D eigenvalue weighted by atomic mass is 9.98. The molecule has 2 N–H and O–H groups in total. The first-order valence-electron chi connectivity index (χ1n) is 5.95. The minimum Gasteiger partial charge on any atom is -0.481 e. The molecule has 0 saturated heterocycles. The largest absolute Gasteiger partial charge is 0.481 e. The van der Waals surface area contributed by atoms with Gasteiger partial charge in [0.1, 0.15) is 0 Å². The van der Waals surface area contributed by atoms with Crippen LogP contribution in [0.15, 0.2) is 0 Å². The molecule has 0 radical (unpaired) electrons. The summed E-state index contributed by atoms with van der Waals surface area (Å²) < 4.78 is 0. The van der Waals surface area contributed by atoms with Crippen LogP contribution in [0.5, 0.6) is 0 Å². The van der Waals surface area contributed by atoms with Gasteiger partial charge >= 0.3 is 0 Å². The van der Waals surface area contributed by atoms with Crippen LogP contribution >= 0.6 is 0 Å². The number of hydrogen-bond acceptors (Lipinski definition) is 2. The van der Waals surface area contributed by atoms with Crippen molar-refractivity contribution in [3.63, 3.8) is 0 Å². The summed E-state index contributed by atoms with van der Waals surface area (Å²) in [6, 6.07) is 0. The second kappa shape index (κ2) is 8.72. The van der Waals surface area contributed by atoms with E-state index in [2.05, 4.69) is 6.92 Å². The second-order valence-electron chi connectivity index (χ2n) is 4.27. The predicted octanol–water partition coefficient (Wildman–Crippen LogP) is 2.82. The van der Waals surface area contributed by atoms with E-state index in [1.165, 1.54) is 38.5 Å². The van der Waals surface area contributed by atoms with Crippen LogP contribution in [0.3, 0.4) is 0 Å². The number of carboxylic acids is 1. The van der Waals surface area contributed by atoms with Gasteiger partial charge in [-0.15, -0.1) is 0 Å². The van der Waals surface area contributed by atoms with Gasteiger partial charge < -0.3 is 10.2 Å². The zero-order valence-electron chi connectivity index (χ0n) is 9.91. The van der Waals surface area contributed by atoms with Gasteiger partial charge in [-0.05, 0) is 25.2 Å². The minimum atomic E-state index is -0.833. The van der Waals surface area contributed by atoms with Crippen LogP contribution in [-0.2, 0) is 4.79 Å². The normalized spacial score (nSPS) is 24.5. The molecule has 3 nitrogen and oxygen atoms in total. The molecule has 2 unspecified atom stereocenters. The van der Waals surface area contributed by atoms with Crippen molar-refractivity contribution in [3.8, 4) is 0 Å². The Labute approximate surface area is 92.5 Å². The smallest absolute Gasteiger partial charge is 0.300 e. The molecular formula is C12H24O3. The van der Waals surface area contributed by atoms with Crippen molar-refractivity contribution in [1.82, 2.24) is 0 Å². The Hall–Kier alpha value is -0.570. The molecule has 0 aliphatic heterocycles. The molecule has 3 heteroatoms. The van der Waals surface area contributed by atoms with Gasteiger partial charge in [0.25, 0.3) is 5.97 Å². The summed E-state index contributed by atoms with van der Waals surface area (Å²) >= 11 is 0. The van der Waals surface area contributed by atoms with Gasteiger partial charge in [-0.3, -0.25) is 4.79 Å². The van der Waals surface area contributed by atoms with E-state index in [4.69, 9.17) is 9.90 Å². The molecule has 1 rings (SSSR count). The topological polar surface area (TPSA) is 57.5 Å². The number of aliphatic carboxylic acids is 1. The Kier molecular flexibility index (Phi) is 8.38. The van der Waals surface area contributed by atoms with Crippen molar-refractivity contribution < 1.29 is 15.0 Å². The number of carbonyl (C=O) groups is 1. The number of aliphatic hydroxyl groups is 1. The summed E-state index contributed by atoms with van der Waals surface area (Å²) in [4.78, 5) is 9.00. The number of rotatable bonds is 4. The highest BCUT2D eigenvalue weighted by molar-refractivity contribution is 5.62. The zero-order chi connectivity index (χ0) is 11.7. The van der Waals surface area contributed by atoms with E-state index in [1.807, 2.05) is 0 Å². The van der Waals surface area contributed by atoms with Gasteiger partial charge in [0.05, 0.1) is 6.10 Å². The van der Waals surface area contributed by atoms with Crippen molar-refractivity contribution in [1.29, 1.82) is 0 Å². The van der Waals surface area contributed by atoms with E-state index in [0.29, 0.717) is 5.92 Å². The molecule has 0 bridgehead atoms. The molecule has 1 aliphatic carbocycles. The van der Waals surface area contributed by atoms with E-state index >= 15 is 0 Å². The maximum Gasteiger partial charge on any atom is 0.300 e. The maximum absolute atomic E-state index is 9.49. The third-order valence-electron chi connectivity index (χ3n) is 2.80. The van der Waals surface area contributed by atoms with E-state index in [-0.39, 0.29) is 6.10 Å². The summed E-state index contributed by atoms with van der Waals surface area (Å²) in [6.07, 6.45) is 8.81. The van der Waals surface area contributed by atoms with Crippen LogP contribution in [0, 0.1) is 5.92 Å². The van der Waals surface area contributed by atoms with Gasteiger partial charge in [-0.25, -0.2) is 0 Å². The lowest BCUT2D eigenvalue weighted by Gasteiger charge is -2.12. The highest BCUT2D eigenvalue weighted by Crippen LogP contribution is 2.29. The summed E-state index contributed by atoms with van der Waals surface area (Å²) in [6.45, 7) is 3.31. The fourth-order valence-corrected chi connectivity index (χ4v) is 2.01. The molecule has 0 aromatic heterocycles. The van der Waals surface area contributed by atoms with E-state index < -0.39 is 5.97 Å². The highest BCUT2D eigenvalue weighted by atomic mass is 16.4. The average Bonchev–Trinajstić information content (AvgIpc) is 2.51. The third kappa shape index (κ3) is 8.43. The number of hydrogen-bond donors (Lipinski definition) is 2. The Bertz CT molecular complexity index is 164. The fraction of sp³-hybridized carbons (Fsp3) is 0.917. The van der Waals surface area contributed by atoms with E-state index in [9.17, 15) is 5.11 Å². The van der Waals surface area contributed by atoms with Crippen LogP contribution in [-0.4, -0.2) is 22.3 Å². The van der Waals surface area contributed by atoms with E-state index in [0.717, 1.165) is 13.3 Å². The van der Waals surface area contributed by atoms with Gasteiger partial charge in [0.15, 0.2) is 0 Å². The van der Waals surface area contributed by atoms with Crippen LogP contribution < -0.4 is 0 Å². The molecule has 2 atom stereocenters. The Morgan fingerprint density at radius 3 is 2.33 bits per heavy atom. The molecule has 15 heavy (non-hydrogen) atoms. The van der Waals surface area contributed by atoms with Crippen molar-refractivity contribution in [2.45, 2.75) is 64.9 Å². The summed E-state index contributed by atoms with van der Waals surface area (Å²) in [5, 5.41) is 16.9. The Balaban J connectivity index is 0.000000423. The van der Waals surface area contributed by atoms with Gasteiger partial charge in [-0.1, -0.05) is 32.6 Å². The third-order valence-corrected chi connectivity index (χ3v) is 2.80. The lowest BCUT2D eigenvalue weighted by Crippen LogP contribution is -2.12. The first-order chi connectivity index (χ1) is 7.07. The van der Waals surface area contributed by atoms with Crippen LogP contribution in [0.4, 0.5) is 0 Å². The number of unbranched alkanes of at least 4 members (excludes halogenated alkanes) is 2. The Morgan fingerprint density at radius 2 is 1.93 bits per heavy atom. The molecule has 0 aromatic carbocycles. The molecule has 90 valence electrons. The molecular weight excluding hydrogens is 192 g/mol.